The number of carbonyl (C=O) groups is 2. The van der Waals surface area contributed by atoms with Gasteiger partial charge in [0.05, 0.1) is 5.56 Å². The number of carbonyl (C=O) groups excluding carboxylic acids is 1. The van der Waals surface area contributed by atoms with Crippen molar-refractivity contribution in [1.29, 1.82) is 0 Å². The SMILES string of the molecule is CCc1nc(-c2ccc(OC(CC)c3nc(-c4ccc(C(=O)NC(NCC(C)C)C(=O)O)c(F)c4)no3)cc2)no1. The molecule has 2 aromatic heterocycles. The number of benzene rings is 2. The zero-order valence-corrected chi connectivity index (χ0v) is 23.1. The zero-order chi connectivity index (χ0) is 29.5. The van der Waals surface area contributed by atoms with Crippen molar-refractivity contribution in [2.45, 2.75) is 52.8 Å². The quantitative estimate of drug-likeness (QED) is 0.196. The number of hydrogen-bond acceptors (Lipinski definition) is 10. The van der Waals surface area contributed by atoms with Crippen molar-refractivity contribution in [2.24, 2.45) is 5.92 Å². The summed E-state index contributed by atoms with van der Waals surface area (Å²) < 4.78 is 31.5. The fourth-order valence-electron chi connectivity index (χ4n) is 3.75. The summed E-state index contributed by atoms with van der Waals surface area (Å²) in [5.41, 5.74) is 0.728. The van der Waals surface area contributed by atoms with Gasteiger partial charge >= 0.3 is 5.97 Å². The van der Waals surface area contributed by atoms with Crippen molar-refractivity contribution in [3.8, 4) is 28.5 Å². The monoisotopic (exact) mass is 566 g/mol. The Morgan fingerprint density at radius 3 is 2.29 bits per heavy atom. The molecule has 0 saturated heterocycles. The number of nitrogens with one attached hydrogen (secondary N) is 2. The van der Waals surface area contributed by atoms with E-state index in [1.807, 2.05) is 39.8 Å². The fraction of sp³-hybridized carbons (Fsp3) is 0.357. The molecular weight excluding hydrogens is 535 g/mol. The summed E-state index contributed by atoms with van der Waals surface area (Å²) in [6.07, 6.45) is -0.773. The van der Waals surface area contributed by atoms with Crippen LogP contribution in [0.3, 0.4) is 0 Å². The van der Waals surface area contributed by atoms with Crippen molar-refractivity contribution < 1.29 is 32.9 Å². The van der Waals surface area contributed by atoms with E-state index >= 15 is 0 Å². The molecule has 0 bridgehead atoms. The Bertz CT molecular complexity index is 1490. The van der Waals surface area contributed by atoms with Gasteiger partial charge in [0, 0.05) is 17.5 Å². The molecule has 1 amide bonds. The van der Waals surface area contributed by atoms with Crippen LogP contribution < -0.4 is 15.4 Å². The number of amides is 1. The lowest BCUT2D eigenvalue weighted by Gasteiger charge is -2.17. The third-order valence-corrected chi connectivity index (χ3v) is 5.97. The van der Waals surface area contributed by atoms with Gasteiger partial charge in [0.15, 0.2) is 12.3 Å². The number of aryl methyl sites for hydroxylation is 1. The lowest BCUT2D eigenvalue weighted by molar-refractivity contribution is -0.140. The highest BCUT2D eigenvalue weighted by Crippen LogP contribution is 2.28. The van der Waals surface area contributed by atoms with E-state index in [1.165, 1.54) is 12.1 Å². The average molecular weight is 567 g/mol. The number of hydrogen-bond donors (Lipinski definition) is 3. The maximum Gasteiger partial charge on any atom is 0.341 e. The zero-order valence-electron chi connectivity index (χ0n) is 23.1. The minimum Gasteiger partial charge on any atom is -0.481 e. The van der Waals surface area contributed by atoms with Gasteiger partial charge in [0.1, 0.15) is 11.6 Å². The van der Waals surface area contributed by atoms with Crippen LogP contribution in [0.25, 0.3) is 22.8 Å². The molecule has 0 radical (unpaired) electrons. The van der Waals surface area contributed by atoms with Crippen LogP contribution in [0.2, 0.25) is 0 Å². The Kier molecular flexibility index (Phi) is 9.40. The number of carboxylic acid groups (broad SMARTS) is 1. The Balaban J connectivity index is 1.43. The molecule has 0 aliphatic carbocycles. The largest absolute Gasteiger partial charge is 0.481 e. The first-order valence-electron chi connectivity index (χ1n) is 13.2. The summed E-state index contributed by atoms with van der Waals surface area (Å²) in [4.78, 5) is 32.7. The molecule has 3 N–H and O–H groups in total. The van der Waals surface area contributed by atoms with Crippen LogP contribution in [-0.4, -0.2) is 50.0 Å². The number of carboxylic acids is 1. The van der Waals surface area contributed by atoms with Crippen molar-refractivity contribution in [3.05, 3.63) is 65.6 Å². The van der Waals surface area contributed by atoms with Gasteiger partial charge in [-0.05, 0) is 55.3 Å². The number of aliphatic carboxylic acids is 1. The number of aromatic nitrogens is 4. The molecule has 4 rings (SSSR count). The standard InChI is InChI=1S/C28H31FN6O6/c1-5-21(39-18-10-7-16(8-11-18)23-31-22(6-2)40-34-23)27-33-24(35-41-27)17-9-12-19(20(29)13-17)26(36)32-25(28(37)38)30-14-15(3)4/h7-13,15,21,25,30H,5-6,14H2,1-4H3,(H,32,36)(H,37,38). The summed E-state index contributed by atoms with van der Waals surface area (Å²) >= 11 is 0. The van der Waals surface area contributed by atoms with E-state index in [0.29, 0.717) is 36.9 Å². The van der Waals surface area contributed by atoms with Gasteiger partial charge in [0.25, 0.3) is 11.8 Å². The Labute approximate surface area is 235 Å². The van der Waals surface area contributed by atoms with Gasteiger partial charge in [-0.15, -0.1) is 0 Å². The van der Waals surface area contributed by atoms with Crippen LogP contribution in [-0.2, 0) is 11.2 Å². The van der Waals surface area contributed by atoms with Crippen molar-refractivity contribution >= 4 is 11.9 Å². The van der Waals surface area contributed by atoms with Gasteiger partial charge in [-0.3, -0.25) is 10.1 Å². The molecule has 2 heterocycles. The predicted molar refractivity (Wildman–Crippen MR) is 144 cm³/mol. The van der Waals surface area contributed by atoms with E-state index in [2.05, 4.69) is 30.9 Å². The van der Waals surface area contributed by atoms with Crippen LogP contribution in [0.4, 0.5) is 4.39 Å². The number of halogens is 1. The van der Waals surface area contributed by atoms with E-state index in [1.54, 1.807) is 12.1 Å². The summed E-state index contributed by atoms with van der Waals surface area (Å²) in [6, 6.07) is 10.9. The second-order valence-electron chi connectivity index (χ2n) is 9.60. The fourth-order valence-corrected chi connectivity index (χ4v) is 3.75. The molecule has 4 aromatic rings. The van der Waals surface area contributed by atoms with Crippen LogP contribution in [0, 0.1) is 11.7 Å². The van der Waals surface area contributed by atoms with Gasteiger partial charge in [-0.25, -0.2) is 9.18 Å². The highest BCUT2D eigenvalue weighted by Gasteiger charge is 2.24. The van der Waals surface area contributed by atoms with Crippen LogP contribution in [0.1, 0.15) is 62.4 Å². The summed E-state index contributed by atoms with van der Waals surface area (Å²) in [5, 5.41) is 22.3. The lowest BCUT2D eigenvalue weighted by atomic mass is 10.1. The third-order valence-electron chi connectivity index (χ3n) is 5.97. The minimum absolute atomic E-state index is 0.106. The molecule has 0 aliphatic heterocycles. The van der Waals surface area contributed by atoms with Gasteiger partial charge in [-0.2, -0.15) is 9.97 Å². The minimum atomic E-state index is -1.36. The van der Waals surface area contributed by atoms with E-state index in [0.717, 1.165) is 11.6 Å². The van der Waals surface area contributed by atoms with Crippen molar-refractivity contribution in [2.75, 3.05) is 6.54 Å². The molecule has 41 heavy (non-hydrogen) atoms. The van der Waals surface area contributed by atoms with Crippen LogP contribution in [0.15, 0.2) is 51.5 Å². The second kappa shape index (κ2) is 13.1. The third kappa shape index (κ3) is 7.31. The highest BCUT2D eigenvalue weighted by atomic mass is 19.1. The molecule has 0 saturated carbocycles. The molecule has 2 atom stereocenters. The average Bonchev–Trinajstić information content (AvgIpc) is 3.64. The summed E-state index contributed by atoms with van der Waals surface area (Å²) in [7, 11) is 0. The number of ether oxygens (including phenoxy) is 1. The van der Waals surface area contributed by atoms with E-state index in [-0.39, 0.29) is 28.8 Å². The maximum absolute atomic E-state index is 14.9. The van der Waals surface area contributed by atoms with E-state index in [9.17, 15) is 19.1 Å². The molecular formula is C28H31FN6O6. The first-order valence-corrected chi connectivity index (χ1v) is 13.2. The molecule has 216 valence electrons. The topological polar surface area (TPSA) is 166 Å². The highest BCUT2D eigenvalue weighted by molar-refractivity contribution is 5.97. The van der Waals surface area contributed by atoms with E-state index in [4.69, 9.17) is 13.8 Å². The smallest absolute Gasteiger partial charge is 0.341 e. The van der Waals surface area contributed by atoms with Gasteiger partial charge < -0.3 is 24.2 Å². The van der Waals surface area contributed by atoms with Crippen LogP contribution in [0.5, 0.6) is 5.75 Å². The van der Waals surface area contributed by atoms with Crippen molar-refractivity contribution in [3.63, 3.8) is 0 Å². The molecule has 0 spiro atoms. The number of rotatable bonds is 13. The summed E-state index contributed by atoms with van der Waals surface area (Å²) in [6.45, 7) is 7.96. The van der Waals surface area contributed by atoms with Gasteiger partial charge in [-0.1, -0.05) is 44.1 Å². The molecule has 0 fully saturated rings. The molecule has 0 aliphatic rings. The second-order valence-corrected chi connectivity index (χ2v) is 9.60. The Morgan fingerprint density at radius 1 is 1.00 bits per heavy atom. The first-order chi connectivity index (χ1) is 19.7. The lowest BCUT2D eigenvalue weighted by Crippen LogP contribution is -2.51. The number of nitrogens with zero attached hydrogens (tertiary/aromatic N) is 4. The predicted octanol–water partition coefficient (Wildman–Crippen LogP) is 4.40. The van der Waals surface area contributed by atoms with Crippen LogP contribution >= 0.6 is 0 Å². The Hall–Kier alpha value is -4.65. The maximum atomic E-state index is 14.9. The normalized spacial score (nSPS) is 12.7. The molecule has 13 heteroatoms. The van der Waals surface area contributed by atoms with Gasteiger partial charge in [0.2, 0.25) is 17.5 Å². The van der Waals surface area contributed by atoms with Crippen molar-refractivity contribution in [1.82, 2.24) is 30.9 Å². The summed E-state index contributed by atoms with van der Waals surface area (Å²) in [5.74, 6) is -0.966. The Morgan fingerprint density at radius 2 is 1.68 bits per heavy atom. The first kappa shape index (κ1) is 29.3. The molecule has 2 unspecified atom stereocenters. The van der Waals surface area contributed by atoms with E-state index < -0.39 is 30.0 Å². The molecule has 12 nitrogen and oxygen atoms in total. The molecule has 2 aromatic carbocycles.